The molecule has 1 saturated heterocycles. The molecular formula is C18H24N2O3. The summed E-state index contributed by atoms with van der Waals surface area (Å²) in [5, 5.41) is 2.95. The van der Waals surface area contributed by atoms with Gasteiger partial charge >= 0.3 is 0 Å². The van der Waals surface area contributed by atoms with Gasteiger partial charge in [-0.25, -0.2) is 0 Å². The van der Waals surface area contributed by atoms with Gasteiger partial charge in [0.2, 0.25) is 11.8 Å². The lowest BCUT2D eigenvalue weighted by atomic mass is 10.0. The van der Waals surface area contributed by atoms with Crippen LogP contribution in [0.2, 0.25) is 0 Å². The molecule has 2 amide bonds. The number of benzene rings is 1. The highest BCUT2D eigenvalue weighted by atomic mass is 16.5. The molecule has 3 rings (SSSR count). The number of methoxy groups -OCH3 is 1. The van der Waals surface area contributed by atoms with Crippen molar-refractivity contribution in [3.63, 3.8) is 0 Å². The van der Waals surface area contributed by atoms with E-state index in [0.717, 1.165) is 30.6 Å². The zero-order chi connectivity index (χ0) is 16.4. The van der Waals surface area contributed by atoms with Crippen molar-refractivity contribution in [2.45, 2.75) is 51.6 Å². The van der Waals surface area contributed by atoms with E-state index in [4.69, 9.17) is 4.74 Å². The summed E-state index contributed by atoms with van der Waals surface area (Å²) in [5.74, 6) is 0.793. The van der Waals surface area contributed by atoms with E-state index >= 15 is 0 Å². The molecule has 1 N–H and O–H groups in total. The summed E-state index contributed by atoms with van der Waals surface area (Å²) in [5.41, 5.74) is 3.72. The van der Waals surface area contributed by atoms with E-state index in [2.05, 4.69) is 17.4 Å². The van der Waals surface area contributed by atoms with Gasteiger partial charge in [0.05, 0.1) is 7.11 Å². The fraction of sp³-hybridized carbons (Fsp3) is 0.556. The van der Waals surface area contributed by atoms with Crippen LogP contribution in [0.5, 0.6) is 5.75 Å². The Morgan fingerprint density at radius 1 is 1.26 bits per heavy atom. The van der Waals surface area contributed by atoms with E-state index in [1.807, 2.05) is 0 Å². The number of hydrogen-bond donors (Lipinski definition) is 1. The zero-order valence-corrected chi connectivity index (χ0v) is 13.9. The Morgan fingerprint density at radius 3 is 2.65 bits per heavy atom. The van der Waals surface area contributed by atoms with Crippen LogP contribution in [0.25, 0.3) is 0 Å². The molecule has 5 heteroatoms. The zero-order valence-electron chi connectivity index (χ0n) is 13.9. The first-order valence-corrected chi connectivity index (χ1v) is 8.36. The summed E-state index contributed by atoms with van der Waals surface area (Å²) >= 11 is 0. The van der Waals surface area contributed by atoms with E-state index in [0.29, 0.717) is 19.5 Å². The number of carbonyl (C=O) groups is 2. The molecule has 1 heterocycles. The fourth-order valence-corrected chi connectivity index (χ4v) is 3.53. The summed E-state index contributed by atoms with van der Waals surface area (Å²) in [7, 11) is 1.66. The summed E-state index contributed by atoms with van der Waals surface area (Å²) in [4.78, 5) is 25.7. The Bertz CT molecular complexity index is 627. The van der Waals surface area contributed by atoms with E-state index in [1.165, 1.54) is 17.5 Å². The minimum atomic E-state index is -0.412. The Balaban J connectivity index is 1.66. The van der Waals surface area contributed by atoms with Crippen molar-refractivity contribution in [3.05, 3.63) is 28.8 Å². The number of nitrogens with zero attached hydrogens (tertiary/aromatic N) is 1. The Hall–Kier alpha value is -2.04. The smallest absolute Gasteiger partial charge is 0.242 e. The molecule has 0 spiro atoms. The van der Waals surface area contributed by atoms with Gasteiger partial charge in [-0.05, 0) is 49.8 Å². The number of amides is 2. The maximum Gasteiger partial charge on any atom is 0.242 e. The van der Waals surface area contributed by atoms with E-state index in [-0.39, 0.29) is 11.8 Å². The van der Waals surface area contributed by atoms with Gasteiger partial charge in [-0.3, -0.25) is 9.59 Å². The minimum absolute atomic E-state index is 0.0720. The highest BCUT2D eigenvalue weighted by molar-refractivity contribution is 5.88. The second-order valence-electron chi connectivity index (χ2n) is 6.37. The second kappa shape index (κ2) is 6.60. The third-order valence-electron chi connectivity index (χ3n) is 4.90. The molecular weight excluding hydrogens is 292 g/mol. The lowest BCUT2D eigenvalue weighted by Gasteiger charge is -2.23. The molecule has 1 aliphatic heterocycles. The van der Waals surface area contributed by atoms with E-state index in [9.17, 15) is 9.59 Å². The van der Waals surface area contributed by atoms with Crippen molar-refractivity contribution < 1.29 is 14.3 Å². The number of hydrogen-bond acceptors (Lipinski definition) is 3. The SMILES string of the molecule is COc1cc2c(cc1CNC(=O)[C@@H](C)N1CCCC1=O)CCC2. The number of ether oxygens (including phenoxy) is 1. The van der Waals surface area contributed by atoms with Crippen LogP contribution in [0.3, 0.4) is 0 Å². The molecule has 0 aromatic heterocycles. The molecule has 1 atom stereocenters. The van der Waals surface area contributed by atoms with Crippen molar-refractivity contribution in [3.8, 4) is 5.75 Å². The third-order valence-corrected chi connectivity index (χ3v) is 4.90. The average Bonchev–Trinajstić information content (AvgIpc) is 3.18. The Labute approximate surface area is 137 Å². The van der Waals surface area contributed by atoms with Crippen LogP contribution in [0, 0.1) is 0 Å². The maximum atomic E-state index is 12.3. The van der Waals surface area contributed by atoms with Crippen LogP contribution in [-0.4, -0.2) is 36.4 Å². The molecule has 2 aliphatic rings. The maximum absolute atomic E-state index is 12.3. The van der Waals surface area contributed by atoms with Crippen LogP contribution in [0.1, 0.15) is 42.9 Å². The summed E-state index contributed by atoms with van der Waals surface area (Å²) < 4.78 is 5.46. The third kappa shape index (κ3) is 3.19. The number of rotatable bonds is 5. The summed E-state index contributed by atoms with van der Waals surface area (Å²) in [6.45, 7) is 2.90. The standard InChI is InChI=1S/C18H24N2O3/c1-12(20-8-4-7-17(20)21)18(22)19-11-15-9-13-5-3-6-14(13)10-16(15)23-2/h9-10,12H,3-8,11H2,1-2H3,(H,19,22)/t12-/m1/s1. The van der Waals surface area contributed by atoms with Gasteiger partial charge < -0.3 is 15.0 Å². The summed E-state index contributed by atoms with van der Waals surface area (Å²) in [6, 6.07) is 3.83. The van der Waals surface area contributed by atoms with Gasteiger partial charge in [-0.15, -0.1) is 0 Å². The van der Waals surface area contributed by atoms with Crippen LogP contribution in [0.15, 0.2) is 12.1 Å². The number of likely N-dealkylation sites (tertiary alicyclic amines) is 1. The van der Waals surface area contributed by atoms with Crippen LogP contribution < -0.4 is 10.1 Å². The molecule has 23 heavy (non-hydrogen) atoms. The molecule has 124 valence electrons. The molecule has 0 bridgehead atoms. The predicted molar refractivity (Wildman–Crippen MR) is 87.3 cm³/mol. The van der Waals surface area contributed by atoms with Crippen molar-refractivity contribution in [1.82, 2.24) is 10.2 Å². The fourth-order valence-electron chi connectivity index (χ4n) is 3.53. The summed E-state index contributed by atoms with van der Waals surface area (Å²) in [6.07, 6.45) is 4.78. The van der Waals surface area contributed by atoms with E-state index in [1.54, 1.807) is 18.9 Å². The van der Waals surface area contributed by atoms with E-state index < -0.39 is 6.04 Å². The first-order chi connectivity index (χ1) is 11.1. The molecule has 0 radical (unpaired) electrons. The molecule has 0 unspecified atom stereocenters. The van der Waals surface area contributed by atoms with Gasteiger partial charge in [0.25, 0.3) is 0 Å². The molecule has 1 fully saturated rings. The Kier molecular flexibility index (Phi) is 4.55. The molecule has 1 aliphatic carbocycles. The normalized spacial score (nSPS) is 18.0. The first-order valence-electron chi connectivity index (χ1n) is 8.36. The van der Waals surface area contributed by atoms with Crippen molar-refractivity contribution in [1.29, 1.82) is 0 Å². The number of aryl methyl sites for hydroxylation is 2. The number of nitrogens with one attached hydrogen (secondary N) is 1. The topological polar surface area (TPSA) is 58.6 Å². The van der Waals surface area contributed by atoms with Gasteiger partial charge in [-0.2, -0.15) is 0 Å². The average molecular weight is 316 g/mol. The lowest BCUT2D eigenvalue weighted by Crippen LogP contribution is -2.45. The predicted octanol–water partition coefficient (Wildman–Crippen LogP) is 1.81. The van der Waals surface area contributed by atoms with Crippen LogP contribution in [-0.2, 0) is 29.0 Å². The highest BCUT2D eigenvalue weighted by Gasteiger charge is 2.29. The second-order valence-corrected chi connectivity index (χ2v) is 6.37. The quantitative estimate of drug-likeness (QED) is 0.901. The molecule has 1 aromatic rings. The van der Waals surface area contributed by atoms with Crippen molar-refractivity contribution in [2.75, 3.05) is 13.7 Å². The lowest BCUT2D eigenvalue weighted by molar-refractivity contribution is -0.136. The van der Waals surface area contributed by atoms with Gasteiger partial charge in [0.1, 0.15) is 11.8 Å². The number of fused-ring (bicyclic) bond motifs is 1. The van der Waals surface area contributed by atoms with Gasteiger partial charge in [-0.1, -0.05) is 6.07 Å². The molecule has 0 saturated carbocycles. The van der Waals surface area contributed by atoms with Crippen LogP contribution in [0.4, 0.5) is 0 Å². The molecule has 1 aromatic carbocycles. The monoisotopic (exact) mass is 316 g/mol. The van der Waals surface area contributed by atoms with Gasteiger partial charge in [0, 0.05) is 25.1 Å². The Morgan fingerprint density at radius 2 is 2.00 bits per heavy atom. The van der Waals surface area contributed by atoms with Crippen molar-refractivity contribution in [2.24, 2.45) is 0 Å². The first kappa shape index (κ1) is 15.8. The molecule has 5 nitrogen and oxygen atoms in total. The van der Waals surface area contributed by atoms with Gasteiger partial charge in [0.15, 0.2) is 0 Å². The highest BCUT2D eigenvalue weighted by Crippen LogP contribution is 2.29. The van der Waals surface area contributed by atoms with Crippen LogP contribution >= 0.6 is 0 Å². The number of carbonyl (C=O) groups excluding carboxylic acids is 2. The largest absolute Gasteiger partial charge is 0.496 e. The van der Waals surface area contributed by atoms with Crippen molar-refractivity contribution >= 4 is 11.8 Å². The minimum Gasteiger partial charge on any atom is -0.496 e.